The second-order valence-corrected chi connectivity index (χ2v) is 5.82. The Bertz CT molecular complexity index is 388. The largest absolute Gasteiger partial charge is 0.475 e. The van der Waals surface area contributed by atoms with Gasteiger partial charge in [-0.25, -0.2) is 0 Å². The molecule has 0 aromatic heterocycles. The molecule has 0 spiro atoms. The molecular formula is C10H15Cl3N3O3+. The predicted octanol–water partition coefficient (Wildman–Crippen LogP) is 3.26. The van der Waals surface area contributed by atoms with E-state index in [1.54, 1.807) is 6.92 Å². The summed E-state index contributed by atoms with van der Waals surface area (Å²) in [7, 11) is 0. The first-order valence-electron chi connectivity index (χ1n) is 5.56. The smallest absolute Gasteiger partial charge is 0.462 e. The van der Waals surface area contributed by atoms with Gasteiger partial charge in [0.2, 0.25) is 5.39 Å². The molecule has 0 saturated carbocycles. The van der Waals surface area contributed by atoms with Gasteiger partial charge in [-0.1, -0.05) is 48.1 Å². The van der Waals surface area contributed by atoms with Gasteiger partial charge in [0.05, 0.1) is 6.61 Å². The lowest BCUT2D eigenvalue weighted by Gasteiger charge is -2.16. The summed E-state index contributed by atoms with van der Waals surface area (Å²) in [6, 6.07) is -0.829. The molecule has 6 nitrogen and oxygen atoms in total. The summed E-state index contributed by atoms with van der Waals surface area (Å²) in [5.74, 6) is -1.48. The van der Waals surface area contributed by atoms with Crippen molar-refractivity contribution in [3.05, 3.63) is 16.6 Å². The lowest BCUT2D eigenvalue weighted by atomic mass is 10.1. The van der Waals surface area contributed by atoms with Crippen LogP contribution in [0.15, 0.2) is 11.6 Å². The molecule has 2 N–H and O–H groups in total. The van der Waals surface area contributed by atoms with Gasteiger partial charge in [-0.2, -0.15) is 0 Å². The van der Waals surface area contributed by atoms with Gasteiger partial charge < -0.3 is 15.2 Å². The average molecular weight is 332 g/mol. The molecule has 0 aliphatic heterocycles. The van der Waals surface area contributed by atoms with Crippen molar-refractivity contribution in [3.63, 3.8) is 0 Å². The van der Waals surface area contributed by atoms with Crippen LogP contribution in [0.3, 0.4) is 0 Å². The number of nitrogens with zero attached hydrogens (tertiary/aromatic N) is 2. The van der Waals surface area contributed by atoms with Crippen molar-refractivity contribution in [3.8, 4) is 0 Å². The second kappa shape index (κ2) is 8.31. The van der Waals surface area contributed by atoms with E-state index >= 15 is 0 Å². The van der Waals surface area contributed by atoms with E-state index in [0.29, 0.717) is 12.8 Å². The van der Waals surface area contributed by atoms with Crippen molar-refractivity contribution in [2.24, 2.45) is 0 Å². The third kappa shape index (κ3) is 6.19. The van der Waals surface area contributed by atoms with Crippen LogP contribution in [0.2, 0.25) is 0 Å². The lowest BCUT2D eigenvalue weighted by Crippen LogP contribution is -2.42. The van der Waals surface area contributed by atoms with Crippen LogP contribution < -0.4 is 5.32 Å². The fourth-order valence-electron chi connectivity index (χ4n) is 1.28. The molecule has 0 radical (unpaired) electrons. The highest BCUT2D eigenvalue weighted by Crippen LogP contribution is 2.27. The molecule has 0 bridgehead atoms. The summed E-state index contributed by atoms with van der Waals surface area (Å²) in [6.07, 6.45) is 0.992. The Morgan fingerprint density at radius 1 is 1.47 bits per heavy atom. The van der Waals surface area contributed by atoms with Crippen LogP contribution in [0.4, 0.5) is 0 Å². The third-order valence-corrected chi connectivity index (χ3v) is 2.59. The van der Waals surface area contributed by atoms with E-state index in [9.17, 15) is 9.90 Å². The molecule has 108 valence electrons. The number of hydrogen-bond acceptors (Lipinski definition) is 4. The van der Waals surface area contributed by atoms with E-state index in [1.165, 1.54) is 0 Å². The highest BCUT2D eigenvalue weighted by atomic mass is 35.6. The average Bonchev–Trinajstić information content (AvgIpc) is 2.29. The maximum Gasteiger partial charge on any atom is 0.462 e. The number of rotatable bonds is 6. The Balaban J connectivity index is 5.15. The minimum absolute atomic E-state index is 0.169. The van der Waals surface area contributed by atoms with Gasteiger partial charge >= 0.3 is 11.6 Å². The Kier molecular flexibility index (Phi) is 7.91. The van der Waals surface area contributed by atoms with Crippen LogP contribution in [0.1, 0.15) is 26.7 Å². The maximum absolute atomic E-state index is 11.6. The van der Waals surface area contributed by atoms with E-state index in [-0.39, 0.29) is 12.3 Å². The number of nitrogens with one attached hydrogen (secondary N) is 1. The van der Waals surface area contributed by atoms with Crippen molar-refractivity contribution in [2.45, 2.75) is 36.5 Å². The standard InChI is InChI=1S/C10H14Cl3N3O3/c1-3-5-6(15-9(18)10(11,12)13)7(16-14)8(17)19-4-2/h6H,3-5H2,1-2H3,(H-,15,17,18)/p+1/b8-7-. The van der Waals surface area contributed by atoms with Gasteiger partial charge in [0.1, 0.15) is 6.04 Å². The third-order valence-electron chi connectivity index (χ3n) is 2.08. The van der Waals surface area contributed by atoms with E-state index in [2.05, 4.69) is 10.3 Å². The van der Waals surface area contributed by atoms with E-state index in [4.69, 9.17) is 44.9 Å². The minimum Gasteiger partial charge on any atom is -0.475 e. The van der Waals surface area contributed by atoms with Gasteiger partial charge in [0, 0.05) is 0 Å². The zero-order valence-corrected chi connectivity index (χ0v) is 12.8. The molecular weight excluding hydrogens is 316 g/mol. The first kappa shape index (κ1) is 18.1. The summed E-state index contributed by atoms with van der Waals surface area (Å²) < 4.78 is 2.68. The van der Waals surface area contributed by atoms with Gasteiger partial charge in [-0.05, 0) is 13.3 Å². The van der Waals surface area contributed by atoms with Crippen molar-refractivity contribution >= 4 is 40.7 Å². The fraction of sp³-hybridized carbons (Fsp3) is 0.700. The Labute approximate surface area is 126 Å². The van der Waals surface area contributed by atoms with Crippen LogP contribution in [0, 0.1) is 5.39 Å². The molecule has 0 fully saturated rings. The monoisotopic (exact) mass is 330 g/mol. The molecule has 0 aliphatic carbocycles. The summed E-state index contributed by atoms with van der Waals surface area (Å²) in [5.41, 5.74) is -0.230. The lowest BCUT2D eigenvalue weighted by molar-refractivity contribution is -0.120. The van der Waals surface area contributed by atoms with Crippen molar-refractivity contribution in [2.75, 3.05) is 6.61 Å². The molecule has 1 amide bonds. The Hall–Kier alpha value is -0.900. The van der Waals surface area contributed by atoms with Gasteiger partial charge in [0.15, 0.2) is 4.98 Å². The zero-order chi connectivity index (χ0) is 15.1. The number of aliphatic hydroxyl groups excluding tert-OH is 1. The number of amides is 1. The number of hydrogen-bond donors (Lipinski definition) is 2. The Morgan fingerprint density at radius 2 is 2.05 bits per heavy atom. The molecule has 19 heavy (non-hydrogen) atoms. The van der Waals surface area contributed by atoms with Crippen LogP contribution in [-0.2, 0) is 9.53 Å². The number of carbonyl (C=O) groups is 1. The quantitative estimate of drug-likeness (QED) is 0.444. The van der Waals surface area contributed by atoms with Crippen LogP contribution in [0.25, 0.3) is 4.98 Å². The maximum atomic E-state index is 11.6. The van der Waals surface area contributed by atoms with Gasteiger partial charge in [-0.3, -0.25) is 4.79 Å². The van der Waals surface area contributed by atoms with E-state index in [1.807, 2.05) is 6.92 Å². The first-order valence-corrected chi connectivity index (χ1v) is 6.69. The highest BCUT2D eigenvalue weighted by Gasteiger charge is 2.38. The molecule has 1 atom stereocenters. The van der Waals surface area contributed by atoms with Crippen molar-refractivity contribution in [1.82, 2.24) is 5.32 Å². The fourth-order valence-corrected chi connectivity index (χ4v) is 1.44. The number of diazo groups is 1. The first-order chi connectivity index (χ1) is 8.77. The molecule has 0 rings (SSSR count). The molecule has 0 heterocycles. The van der Waals surface area contributed by atoms with E-state index < -0.39 is 21.7 Å². The predicted molar refractivity (Wildman–Crippen MR) is 73.5 cm³/mol. The summed E-state index contributed by atoms with van der Waals surface area (Å²) >= 11 is 16.3. The number of aliphatic hydroxyl groups is 1. The summed E-state index contributed by atoms with van der Waals surface area (Å²) in [6.45, 7) is 3.64. The zero-order valence-electron chi connectivity index (χ0n) is 10.5. The SMILES string of the molecule is CCCC(NC(=O)C(Cl)(Cl)Cl)/C([N+]#N)=C(\O)OCC. The van der Waals surface area contributed by atoms with Gasteiger partial charge in [-0.15, -0.1) is 0 Å². The van der Waals surface area contributed by atoms with Crippen LogP contribution >= 0.6 is 34.8 Å². The Morgan fingerprint density at radius 3 is 2.42 bits per heavy atom. The highest BCUT2D eigenvalue weighted by molar-refractivity contribution is 6.76. The normalized spacial score (nSPS) is 14.1. The number of ether oxygens (including phenoxy) is 1. The van der Waals surface area contributed by atoms with Gasteiger partial charge in [0.25, 0.3) is 9.70 Å². The molecule has 0 aliphatic rings. The number of alkyl halides is 3. The molecule has 9 heteroatoms. The molecule has 0 aromatic rings. The van der Waals surface area contributed by atoms with E-state index in [0.717, 1.165) is 0 Å². The number of halogens is 3. The number of carbonyl (C=O) groups excluding carboxylic acids is 1. The topological polar surface area (TPSA) is 86.7 Å². The molecule has 0 aromatic carbocycles. The molecule has 0 saturated heterocycles. The van der Waals surface area contributed by atoms with Crippen LogP contribution in [0.5, 0.6) is 0 Å². The van der Waals surface area contributed by atoms with Crippen LogP contribution in [-0.4, -0.2) is 27.5 Å². The summed E-state index contributed by atoms with van der Waals surface area (Å²) in [5, 5.41) is 20.8. The van der Waals surface area contributed by atoms with Crippen molar-refractivity contribution < 1.29 is 14.6 Å². The van der Waals surface area contributed by atoms with Crippen molar-refractivity contribution in [1.29, 1.82) is 5.39 Å². The second-order valence-electron chi connectivity index (χ2n) is 3.54. The summed E-state index contributed by atoms with van der Waals surface area (Å²) in [4.78, 5) is 14.5. The minimum atomic E-state index is -2.15. The molecule has 1 unspecified atom stereocenters.